The van der Waals surface area contributed by atoms with Gasteiger partial charge < -0.3 is 9.47 Å². The van der Waals surface area contributed by atoms with Crippen LogP contribution in [0.5, 0.6) is 5.75 Å². The van der Waals surface area contributed by atoms with Crippen LogP contribution in [-0.4, -0.2) is 12.6 Å². The molecule has 0 fully saturated rings. The topological polar surface area (TPSA) is 59.3 Å². The summed E-state index contributed by atoms with van der Waals surface area (Å²) < 4.78 is 11.5. The van der Waals surface area contributed by atoms with E-state index >= 15 is 0 Å². The van der Waals surface area contributed by atoms with Crippen molar-refractivity contribution >= 4 is 39.6 Å². The minimum Gasteiger partial charge on any atom is -0.488 e. The molecular weight excluding hydrogens is 406 g/mol. The maximum Gasteiger partial charge on any atom is 0.348 e. The van der Waals surface area contributed by atoms with Gasteiger partial charge in [-0.3, -0.25) is 0 Å². The minimum absolute atomic E-state index is 0.0868. The molecule has 0 saturated heterocycles. The molecule has 0 radical (unpaired) electrons. The van der Waals surface area contributed by atoms with Crippen LogP contribution < -0.4 is 4.74 Å². The molecule has 0 aromatic heterocycles. The Bertz CT molecular complexity index is 826. The van der Waals surface area contributed by atoms with Gasteiger partial charge >= 0.3 is 5.97 Å². The number of rotatable bonds is 6. The molecule has 0 amide bonds. The molecule has 128 valence electrons. The molecule has 0 bridgehead atoms. The van der Waals surface area contributed by atoms with Crippen LogP contribution >= 0.6 is 27.5 Å². The van der Waals surface area contributed by atoms with E-state index in [0.717, 1.165) is 10.0 Å². The first-order valence-corrected chi connectivity index (χ1v) is 8.66. The quantitative estimate of drug-likeness (QED) is 0.368. The molecule has 2 aromatic carbocycles. The molecule has 25 heavy (non-hydrogen) atoms. The van der Waals surface area contributed by atoms with E-state index in [9.17, 15) is 10.1 Å². The number of hydrogen-bond acceptors (Lipinski definition) is 4. The maximum absolute atomic E-state index is 11.8. The van der Waals surface area contributed by atoms with Crippen LogP contribution in [0.1, 0.15) is 18.1 Å². The standard InChI is InChI=1S/C19H15BrClNO3/c1-2-24-19(23)15(11-22)9-14-10-16(20)5-8-18(14)25-12-13-3-6-17(21)7-4-13/h3-10H,2,12H2,1H3/b15-9-. The zero-order chi connectivity index (χ0) is 18.2. The van der Waals surface area contributed by atoms with Crippen molar-refractivity contribution in [2.75, 3.05) is 6.61 Å². The summed E-state index contributed by atoms with van der Waals surface area (Å²) in [6, 6.07) is 14.5. The van der Waals surface area contributed by atoms with Crippen molar-refractivity contribution in [1.29, 1.82) is 5.26 Å². The number of ether oxygens (including phenoxy) is 2. The lowest BCUT2D eigenvalue weighted by atomic mass is 10.1. The number of halogens is 2. The number of benzene rings is 2. The van der Waals surface area contributed by atoms with Gasteiger partial charge in [-0.25, -0.2) is 4.79 Å². The molecule has 0 saturated carbocycles. The number of hydrogen-bond donors (Lipinski definition) is 0. The van der Waals surface area contributed by atoms with Gasteiger partial charge in [0.25, 0.3) is 0 Å². The zero-order valence-electron chi connectivity index (χ0n) is 13.5. The fraction of sp³-hybridized carbons (Fsp3) is 0.158. The SMILES string of the molecule is CCOC(=O)/C(C#N)=C\c1cc(Br)ccc1OCc1ccc(Cl)cc1. The summed E-state index contributed by atoms with van der Waals surface area (Å²) in [6.45, 7) is 2.23. The molecule has 0 heterocycles. The van der Waals surface area contributed by atoms with E-state index in [0.29, 0.717) is 22.9 Å². The van der Waals surface area contributed by atoms with Crippen LogP contribution in [0, 0.1) is 11.3 Å². The average molecular weight is 421 g/mol. The molecule has 0 aliphatic heterocycles. The van der Waals surface area contributed by atoms with Gasteiger partial charge in [0.1, 0.15) is 24.0 Å². The van der Waals surface area contributed by atoms with Gasteiger partial charge in [-0.15, -0.1) is 0 Å². The van der Waals surface area contributed by atoms with E-state index in [1.54, 1.807) is 31.2 Å². The smallest absolute Gasteiger partial charge is 0.348 e. The number of carbonyl (C=O) groups excluding carboxylic acids is 1. The van der Waals surface area contributed by atoms with Crippen LogP contribution in [0.4, 0.5) is 0 Å². The first-order chi connectivity index (χ1) is 12.0. The predicted octanol–water partition coefficient (Wildman–Crippen LogP) is 5.15. The minimum atomic E-state index is -0.659. The molecular formula is C19H15BrClNO3. The Balaban J connectivity index is 2.26. The Hall–Kier alpha value is -2.29. The Kier molecular flexibility index (Phi) is 7.05. The Labute approximate surface area is 159 Å². The third kappa shape index (κ3) is 5.63. The first kappa shape index (κ1) is 19.0. The van der Waals surface area contributed by atoms with E-state index in [1.165, 1.54) is 6.08 Å². The molecule has 2 rings (SSSR count). The molecule has 0 atom stereocenters. The van der Waals surface area contributed by atoms with Gasteiger partial charge in [-0.05, 0) is 48.9 Å². The highest BCUT2D eigenvalue weighted by Crippen LogP contribution is 2.27. The van der Waals surface area contributed by atoms with Gasteiger partial charge in [-0.1, -0.05) is 39.7 Å². The van der Waals surface area contributed by atoms with E-state index in [-0.39, 0.29) is 12.2 Å². The summed E-state index contributed by atoms with van der Waals surface area (Å²) in [4.78, 5) is 11.8. The first-order valence-electron chi connectivity index (χ1n) is 7.49. The van der Waals surface area contributed by atoms with Crippen LogP contribution in [-0.2, 0) is 16.1 Å². The maximum atomic E-state index is 11.8. The highest BCUT2D eigenvalue weighted by Gasteiger charge is 2.12. The molecule has 2 aromatic rings. The predicted molar refractivity (Wildman–Crippen MR) is 100 cm³/mol. The summed E-state index contributed by atoms with van der Waals surface area (Å²) >= 11 is 9.25. The largest absolute Gasteiger partial charge is 0.488 e. The lowest BCUT2D eigenvalue weighted by Gasteiger charge is -2.10. The molecule has 0 aliphatic carbocycles. The third-order valence-corrected chi connectivity index (χ3v) is 3.94. The second kappa shape index (κ2) is 9.26. The number of esters is 1. The second-order valence-electron chi connectivity index (χ2n) is 4.99. The second-order valence-corrected chi connectivity index (χ2v) is 6.34. The molecule has 0 spiro atoms. The molecule has 6 heteroatoms. The summed E-state index contributed by atoms with van der Waals surface area (Å²) in [5, 5.41) is 9.85. The van der Waals surface area contributed by atoms with Crippen molar-refractivity contribution in [2.24, 2.45) is 0 Å². The number of carbonyl (C=O) groups is 1. The third-order valence-electron chi connectivity index (χ3n) is 3.20. The monoisotopic (exact) mass is 419 g/mol. The zero-order valence-corrected chi connectivity index (χ0v) is 15.8. The molecule has 4 nitrogen and oxygen atoms in total. The van der Waals surface area contributed by atoms with Crippen molar-refractivity contribution in [3.63, 3.8) is 0 Å². The Morgan fingerprint density at radius 3 is 2.64 bits per heavy atom. The van der Waals surface area contributed by atoms with Crippen LogP contribution in [0.3, 0.4) is 0 Å². The summed E-state index contributed by atoms with van der Waals surface area (Å²) in [7, 11) is 0. The van der Waals surface area contributed by atoms with E-state index in [4.69, 9.17) is 21.1 Å². The van der Waals surface area contributed by atoms with Gasteiger partial charge in [0.05, 0.1) is 6.61 Å². The van der Waals surface area contributed by atoms with Gasteiger partial charge in [0.2, 0.25) is 0 Å². The van der Waals surface area contributed by atoms with Crippen LogP contribution in [0.2, 0.25) is 5.02 Å². The fourth-order valence-electron chi connectivity index (χ4n) is 2.01. The van der Waals surface area contributed by atoms with Gasteiger partial charge in [0, 0.05) is 15.1 Å². The summed E-state index contributed by atoms with van der Waals surface area (Å²) in [5.41, 5.74) is 1.47. The average Bonchev–Trinajstić information content (AvgIpc) is 2.60. The fourth-order valence-corrected chi connectivity index (χ4v) is 2.51. The lowest BCUT2D eigenvalue weighted by molar-refractivity contribution is -0.137. The highest BCUT2D eigenvalue weighted by atomic mass is 79.9. The van der Waals surface area contributed by atoms with Crippen LogP contribution in [0.25, 0.3) is 6.08 Å². The van der Waals surface area contributed by atoms with E-state index in [1.807, 2.05) is 24.3 Å². The molecule has 0 unspecified atom stereocenters. The molecule has 0 aliphatic rings. The Morgan fingerprint density at radius 1 is 1.28 bits per heavy atom. The van der Waals surface area contributed by atoms with Crippen molar-refractivity contribution in [2.45, 2.75) is 13.5 Å². The van der Waals surface area contributed by atoms with Gasteiger partial charge in [-0.2, -0.15) is 5.26 Å². The normalized spacial score (nSPS) is 10.9. The van der Waals surface area contributed by atoms with Crippen molar-refractivity contribution in [3.05, 3.63) is 68.7 Å². The number of nitrogens with zero attached hydrogens (tertiary/aromatic N) is 1. The van der Waals surface area contributed by atoms with Gasteiger partial charge in [0.15, 0.2) is 0 Å². The molecule has 0 N–H and O–H groups in total. The lowest BCUT2D eigenvalue weighted by Crippen LogP contribution is -2.06. The van der Waals surface area contributed by atoms with Crippen LogP contribution in [0.15, 0.2) is 52.5 Å². The Morgan fingerprint density at radius 2 is 2.00 bits per heavy atom. The van der Waals surface area contributed by atoms with E-state index in [2.05, 4.69) is 15.9 Å². The number of nitriles is 1. The summed E-state index contributed by atoms with van der Waals surface area (Å²) in [5.74, 6) is -0.108. The van der Waals surface area contributed by atoms with Crippen molar-refractivity contribution in [1.82, 2.24) is 0 Å². The summed E-state index contributed by atoms with van der Waals surface area (Å²) in [6.07, 6.45) is 1.46. The highest BCUT2D eigenvalue weighted by molar-refractivity contribution is 9.10. The van der Waals surface area contributed by atoms with Crippen molar-refractivity contribution in [3.8, 4) is 11.8 Å². The van der Waals surface area contributed by atoms with Crippen molar-refractivity contribution < 1.29 is 14.3 Å². The van der Waals surface area contributed by atoms with E-state index < -0.39 is 5.97 Å².